The first kappa shape index (κ1) is 14.4. The molecule has 0 saturated carbocycles. The Hall–Kier alpha value is -2.51. The van der Waals surface area contributed by atoms with E-state index in [2.05, 4.69) is 6.07 Å². The van der Waals surface area contributed by atoms with E-state index in [1.54, 1.807) is 0 Å². The van der Waals surface area contributed by atoms with Crippen LogP contribution in [0.2, 0.25) is 0 Å². The molecule has 1 heterocycles. The maximum atomic E-state index is 9.00. The van der Waals surface area contributed by atoms with E-state index in [0.717, 1.165) is 29.0 Å². The summed E-state index contributed by atoms with van der Waals surface area (Å²) < 4.78 is 11.2. The molecule has 0 aliphatic carbocycles. The SMILES string of the molecule is N#Cc1cccc(CC(CN)c2ccc3c(c2)OCCO3)c1. The van der Waals surface area contributed by atoms with Crippen LogP contribution in [-0.4, -0.2) is 19.8 Å². The van der Waals surface area contributed by atoms with Crippen molar-refractivity contribution in [2.45, 2.75) is 12.3 Å². The van der Waals surface area contributed by atoms with Gasteiger partial charge in [-0.1, -0.05) is 18.2 Å². The van der Waals surface area contributed by atoms with Crippen LogP contribution in [0.4, 0.5) is 0 Å². The Balaban J connectivity index is 1.83. The second kappa shape index (κ2) is 6.50. The van der Waals surface area contributed by atoms with Crippen molar-refractivity contribution in [1.29, 1.82) is 5.26 Å². The molecule has 0 radical (unpaired) electrons. The van der Waals surface area contributed by atoms with Crippen molar-refractivity contribution in [3.8, 4) is 17.6 Å². The number of ether oxygens (including phenoxy) is 2. The van der Waals surface area contributed by atoms with Gasteiger partial charge in [-0.2, -0.15) is 5.26 Å². The standard InChI is InChI=1S/C18H18N2O2/c19-11-14-3-1-2-13(8-14)9-16(12-20)15-4-5-17-18(10-15)22-7-6-21-17/h1-5,8,10,16H,6-7,9,12,20H2. The van der Waals surface area contributed by atoms with Crippen molar-refractivity contribution in [2.75, 3.05) is 19.8 Å². The van der Waals surface area contributed by atoms with Crippen molar-refractivity contribution >= 4 is 0 Å². The van der Waals surface area contributed by atoms with E-state index in [1.807, 2.05) is 42.5 Å². The maximum absolute atomic E-state index is 9.00. The molecule has 2 aromatic carbocycles. The van der Waals surface area contributed by atoms with Gasteiger partial charge >= 0.3 is 0 Å². The average molecular weight is 294 g/mol. The lowest BCUT2D eigenvalue weighted by Crippen LogP contribution is -2.18. The molecule has 112 valence electrons. The van der Waals surface area contributed by atoms with Crippen LogP contribution in [0, 0.1) is 11.3 Å². The lowest BCUT2D eigenvalue weighted by atomic mass is 9.91. The van der Waals surface area contributed by atoms with Gasteiger partial charge < -0.3 is 15.2 Å². The summed E-state index contributed by atoms with van der Waals surface area (Å²) in [5.74, 6) is 1.76. The van der Waals surface area contributed by atoms with Crippen molar-refractivity contribution in [2.24, 2.45) is 5.73 Å². The summed E-state index contributed by atoms with van der Waals surface area (Å²) >= 11 is 0. The zero-order valence-corrected chi connectivity index (χ0v) is 12.3. The Morgan fingerprint density at radius 2 is 1.91 bits per heavy atom. The molecular formula is C18H18N2O2. The Labute approximate surface area is 130 Å². The molecule has 0 bridgehead atoms. The van der Waals surface area contributed by atoms with Crippen LogP contribution >= 0.6 is 0 Å². The summed E-state index contributed by atoms with van der Waals surface area (Å²) in [7, 11) is 0. The van der Waals surface area contributed by atoms with Crippen LogP contribution in [0.5, 0.6) is 11.5 Å². The number of nitriles is 1. The minimum absolute atomic E-state index is 0.185. The first-order chi connectivity index (χ1) is 10.8. The van der Waals surface area contributed by atoms with Crippen LogP contribution in [-0.2, 0) is 6.42 Å². The Bertz CT molecular complexity index is 706. The fourth-order valence-electron chi connectivity index (χ4n) is 2.70. The second-order valence-electron chi connectivity index (χ2n) is 5.35. The highest BCUT2D eigenvalue weighted by Gasteiger charge is 2.16. The molecule has 3 rings (SSSR count). The van der Waals surface area contributed by atoms with Crippen molar-refractivity contribution in [3.63, 3.8) is 0 Å². The minimum Gasteiger partial charge on any atom is -0.486 e. The van der Waals surface area contributed by atoms with Crippen LogP contribution in [0.15, 0.2) is 42.5 Å². The Kier molecular flexibility index (Phi) is 4.27. The smallest absolute Gasteiger partial charge is 0.161 e. The van der Waals surface area contributed by atoms with E-state index >= 15 is 0 Å². The molecule has 4 nitrogen and oxygen atoms in total. The minimum atomic E-state index is 0.185. The van der Waals surface area contributed by atoms with E-state index < -0.39 is 0 Å². The van der Waals surface area contributed by atoms with Gasteiger partial charge in [0, 0.05) is 5.92 Å². The van der Waals surface area contributed by atoms with Gasteiger partial charge in [-0.05, 0) is 48.4 Å². The van der Waals surface area contributed by atoms with Crippen LogP contribution in [0.25, 0.3) is 0 Å². The van der Waals surface area contributed by atoms with Gasteiger partial charge in [0.2, 0.25) is 0 Å². The zero-order chi connectivity index (χ0) is 15.4. The summed E-state index contributed by atoms with van der Waals surface area (Å²) in [6.07, 6.45) is 0.797. The van der Waals surface area contributed by atoms with E-state index in [4.69, 9.17) is 20.5 Å². The fourth-order valence-corrected chi connectivity index (χ4v) is 2.70. The molecule has 1 unspecified atom stereocenters. The highest BCUT2D eigenvalue weighted by molar-refractivity contribution is 5.45. The largest absolute Gasteiger partial charge is 0.486 e. The molecule has 1 aliphatic heterocycles. The summed E-state index contributed by atoms with van der Waals surface area (Å²) in [5, 5.41) is 9.00. The van der Waals surface area contributed by atoms with Gasteiger partial charge in [-0.3, -0.25) is 0 Å². The van der Waals surface area contributed by atoms with E-state index in [0.29, 0.717) is 25.3 Å². The van der Waals surface area contributed by atoms with Gasteiger partial charge in [0.1, 0.15) is 13.2 Å². The summed E-state index contributed by atoms with van der Waals surface area (Å²) in [5.41, 5.74) is 8.89. The predicted octanol–water partition coefficient (Wildman–Crippen LogP) is 2.61. The molecule has 0 aromatic heterocycles. The van der Waals surface area contributed by atoms with E-state index in [-0.39, 0.29) is 5.92 Å². The number of hydrogen-bond donors (Lipinski definition) is 1. The van der Waals surface area contributed by atoms with E-state index in [1.165, 1.54) is 0 Å². The maximum Gasteiger partial charge on any atom is 0.161 e. The molecular weight excluding hydrogens is 276 g/mol. The zero-order valence-electron chi connectivity index (χ0n) is 12.3. The molecule has 0 spiro atoms. The van der Waals surface area contributed by atoms with Gasteiger partial charge in [0.15, 0.2) is 11.5 Å². The Morgan fingerprint density at radius 3 is 2.68 bits per heavy atom. The van der Waals surface area contributed by atoms with Crippen molar-refractivity contribution in [3.05, 3.63) is 59.2 Å². The lowest BCUT2D eigenvalue weighted by Gasteiger charge is -2.21. The number of fused-ring (bicyclic) bond motifs is 1. The molecule has 0 fully saturated rings. The number of nitrogens with two attached hydrogens (primary N) is 1. The average Bonchev–Trinajstić information content (AvgIpc) is 2.59. The first-order valence-corrected chi connectivity index (χ1v) is 7.39. The van der Waals surface area contributed by atoms with E-state index in [9.17, 15) is 0 Å². The fraction of sp³-hybridized carbons (Fsp3) is 0.278. The Morgan fingerprint density at radius 1 is 1.09 bits per heavy atom. The van der Waals surface area contributed by atoms with Crippen molar-refractivity contribution < 1.29 is 9.47 Å². The molecule has 22 heavy (non-hydrogen) atoms. The van der Waals surface area contributed by atoms with Crippen LogP contribution < -0.4 is 15.2 Å². The summed E-state index contributed by atoms with van der Waals surface area (Å²) in [6, 6.07) is 15.8. The number of rotatable bonds is 4. The topological polar surface area (TPSA) is 68.3 Å². The van der Waals surface area contributed by atoms with Gasteiger partial charge in [0.05, 0.1) is 11.6 Å². The molecule has 1 atom stereocenters. The van der Waals surface area contributed by atoms with Gasteiger partial charge in [-0.25, -0.2) is 0 Å². The number of nitrogens with zero attached hydrogens (tertiary/aromatic N) is 1. The highest BCUT2D eigenvalue weighted by Crippen LogP contribution is 2.33. The first-order valence-electron chi connectivity index (χ1n) is 7.39. The third-order valence-corrected chi connectivity index (χ3v) is 3.86. The number of hydrogen-bond acceptors (Lipinski definition) is 4. The molecule has 1 aliphatic rings. The lowest BCUT2D eigenvalue weighted by molar-refractivity contribution is 0.171. The van der Waals surface area contributed by atoms with Crippen molar-refractivity contribution in [1.82, 2.24) is 0 Å². The van der Waals surface area contributed by atoms with Gasteiger partial charge in [0.25, 0.3) is 0 Å². The van der Waals surface area contributed by atoms with Crippen LogP contribution in [0.3, 0.4) is 0 Å². The van der Waals surface area contributed by atoms with Crippen LogP contribution in [0.1, 0.15) is 22.6 Å². The molecule has 0 amide bonds. The summed E-state index contributed by atoms with van der Waals surface area (Å²) in [6.45, 7) is 1.71. The quantitative estimate of drug-likeness (QED) is 0.941. The normalized spacial score (nSPS) is 14.2. The summed E-state index contributed by atoms with van der Waals surface area (Å²) in [4.78, 5) is 0. The molecule has 2 N–H and O–H groups in total. The third kappa shape index (κ3) is 3.05. The predicted molar refractivity (Wildman–Crippen MR) is 84.1 cm³/mol. The molecule has 4 heteroatoms. The third-order valence-electron chi connectivity index (χ3n) is 3.86. The number of benzene rings is 2. The molecule has 2 aromatic rings. The molecule has 0 saturated heterocycles. The monoisotopic (exact) mass is 294 g/mol. The highest BCUT2D eigenvalue weighted by atomic mass is 16.6. The second-order valence-corrected chi connectivity index (χ2v) is 5.35. The van der Waals surface area contributed by atoms with Gasteiger partial charge in [-0.15, -0.1) is 0 Å².